The first kappa shape index (κ1) is 14.2. The molecule has 1 aliphatic heterocycles. The fourth-order valence-corrected chi connectivity index (χ4v) is 2.25. The van der Waals surface area contributed by atoms with E-state index in [0.717, 1.165) is 25.7 Å². The van der Waals surface area contributed by atoms with Gasteiger partial charge in [-0.1, -0.05) is 26.2 Å². The number of unbranched alkanes of at least 4 members (excludes halogenated alkanes) is 2. The molecule has 1 rings (SSSR count). The van der Waals surface area contributed by atoms with Crippen molar-refractivity contribution in [2.45, 2.75) is 64.5 Å². The van der Waals surface area contributed by atoms with Crippen LogP contribution in [0.5, 0.6) is 0 Å². The Morgan fingerprint density at radius 3 is 2.65 bits per heavy atom. The Balaban J connectivity index is 2.69. The van der Waals surface area contributed by atoms with Gasteiger partial charge in [0, 0.05) is 5.54 Å². The van der Waals surface area contributed by atoms with Gasteiger partial charge in [-0.25, -0.2) is 13.6 Å². The van der Waals surface area contributed by atoms with Crippen LogP contribution in [0.2, 0.25) is 0 Å². The minimum Gasteiger partial charge on any atom is -0.447 e. The molecule has 0 saturated carbocycles. The Hall–Kier alpha value is -0.870. The van der Waals surface area contributed by atoms with Crippen molar-refractivity contribution < 1.29 is 18.3 Å². The van der Waals surface area contributed by atoms with Gasteiger partial charge >= 0.3 is 6.09 Å². The Morgan fingerprint density at radius 2 is 2.12 bits per heavy atom. The highest BCUT2D eigenvalue weighted by Gasteiger charge is 2.46. The summed E-state index contributed by atoms with van der Waals surface area (Å²) in [4.78, 5) is 12.8. The zero-order valence-corrected chi connectivity index (χ0v) is 10.7. The number of carbonyl (C=O) groups excluding carboxylic acids is 1. The third-order valence-electron chi connectivity index (χ3n) is 3.24. The van der Waals surface area contributed by atoms with Crippen LogP contribution in [0.15, 0.2) is 0 Å². The standard InChI is InChI=1S/C12H21F2NO2/c1-4-5-6-7-12(2,3)15-9(10(13)14)8-17-11(15)16/h9-10H,4-8H2,1-3H3. The van der Waals surface area contributed by atoms with Crippen LogP contribution in [0, 0.1) is 0 Å². The van der Waals surface area contributed by atoms with Gasteiger partial charge in [-0.3, -0.25) is 4.90 Å². The van der Waals surface area contributed by atoms with Crippen molar-refractivity contribution in [1.29, 1.82) is 0 Å². The van der Waals surface area contributed by atoms with Crippen LogP contribution in [-0.4, -0.2) is 35.6 Å². The summed E-state index contributed by atoms with van der Waals surface area (Å²) in [5.41, 5.74) is -0.566. The molecule has 1 saturated heterocycles. The van der Waals surface area contributed by atoms with Crippen LogP contribution in [0.4, 0.5) is 13.6 Å². The minimum absolute atomic E-state index is 0.201. The number of rotatable bonds is 6. The maximum Gasteiger partial charge on any atom is 0.410 e. The molecule has 1 aliphatic rings. The van der Waals surface area contributed by atoms with E-state index in [0.29, 0.717) is 0 Å². The van der Waals surface area contributed by atoms with Gasteiger partial charge in [-0.05, 0) is 20.3 Å². The molecule has 0 bridgehead atoms. The van der Waals surface area contributed by atoms with Crippen molar-refractivity contribution in [1.82, 2.24) is 4.90 Å². The molecule has 0 aliphatic carbocycles. The fourth-order valence-electron chi connectivity index (χ4n) is 2.25. The molecule has 0 aromatic rings. The summed E-state index contributed by atoms with van der Waals surface area (Å²) in [6.45, 7) is 5.53. The largest absolute Gasteiger partial charge is 0.447 e. The third kappa shape index (κ3) is 3.30. The molecule has 5 heteroatoms. The monoisotopic (exact) mass is 249 g/mol. The second kappa shape index (κ2) is 5.65. The highest BCUT2D eigenvalue weighted by molar-refractivity contribution is 5.71. The maximum absolute atomic E-state index is 12.8. The first-order valence-electron chi connectivity index (χ1n) is 6.14. The van der Waals surface area contributed by atoms with E-state index >= 15 is 0 Å². The number of nitrogens with zero attached hydrogens (tertiary/aromatic N) is 1. The molecule has 0 aromatic carbocycles. The van der Waals surface area contributed by atoms with Crippen molar-refractivity contribution in [2.24, 2.45) is 0 Å². The predicted molar refractivity (Wildman–Crippen MR) is 61.2 cm³/mol. The molecule has 1 amide bonds. The van der Waals surface area contributed by atoms with Crippen molar-refractivity contribution in [3.8, 4) is 0 Å². The molecular formula is C12H21F2NO2. The third-order valence-corrected chi connectivity index (χ3v) is 3.24. The number of hydrogen-bond acceptors (Lipinski definition) is 2. The van der Waals surface area contributed by atoms with Crippen molar-refractivity contribution >= 4 is 6.09 Å². The lowest BCUT2D eigenvalue weighted by Crippen LogP contribution is -2.51. The summed E-state index contributed by atoms with van der Waals surface area (Å²) < 4.78 is 30.4. The summed E-state index contributed by atoms with van der Waals surface area (Å²) in [6.07, 6.45) is 0.607. The van der Waals surface area contributed by atoms with E-state index in [1.54, 1.807) is 0 Å². The van der Waals surface area contributed by atoms with E-state index in [2.05, 4.69) is 6.92 Å². The smallest absolute Gasteiger partial charge is 0.410 e. The van der Waals surface area contributed by atoms with Gasteiger partial charge in [0.1, 0.15) is 12.6 Å². The number of cyclic esters (lactones) is 1. The molecule has 1 fully saturated rings. The normalized spacial score (nSPS) is 21.2. The highest BCUT2D eigenvalue weighted by Crippen LogP contribution is 2.31. The van der Waals surface area contributed by atoms with Crippen LogP contribution < -0.4 is 0 Å². The van der Waals surface area contributed by atoms with Crippen LogP contribution >= 0.6 is 0 Å². The van der Waals surface area contributed by atoms with Crippen LogP contribution in [0.25, 0.3) is 0 Å². The zero-order valence-electron chi connectivity index (χ0n) is 10.7. The first-order chi connectivity index (χ1) is 7.90. The van der Waals surface area contributed by atoms with Crippen molar-refractivity contribution in [3.05, 3.63) is 0 Å². The minimum atomic E-state index is -2.55. The van der Waals surface area contributed by atoms with Crippen LogP contribution in [0.1, 0.15) is 46.5 Å². The number of ether oxygens (including phenoxy) is 1. The Labute approximate surface area is 101 Å². The van der Waals surface area contributed by atoms with Crippen LogP contribution in [0.3, 0.4) is 0 Å². The van der Waals surface area contributed by atoms with Crippen molar-refractivity contribution in [2.75, 3.05) is 6.61 Å². The number of amides is 1. The maximum atomic E-state index is 12.8. The van der Waals surface area contributed by atoms with Gasteiger partial charge < -0.3 is 4.74 Å². The second-order valence-electron chi connectivity index (χ2n) is 5.12. The molecule has 0 aromatic heterocycles. The van der Waals surface area contributed by atoms with E-state index in [9.17, 15) is 13.6 Å². The Morgan fingerprint density at radius 1 is 1.47 bits per heavy atom. The first-order valence-corrected chi connectivity index (χ1v) is 6.14. The number of hydrogen-bond donors (Lipinski definition) is 0. The molecule has 1 unspecified atom stereocenters. The van der Waals surface area contributed by atoms with Crippen molar-refractivity contribution in [3.63, 3.8) is 0 Å². The zero-order chi connectivity index (χ0) is 13.1. The summed E-state index contributed by atoms with van der Waals surface area (Å²) in [5, 5.41) is 0. The van der Waals surface area contributed by atoms with Gasteiger partial charge in [0.25, 0.3) is 6.43 Å². The lowest BCUT2D eigenvalue weighted by molar-refractivity contribution is 0.0197. The quantitative estimate of drug-likeness (QED) is 0.675. The van der Waals surface area contributed by atoms with Crippen LogP contribution in [-0.2, 0) is 4.74 Å². The molecule has 3 nitrogen and oxygen atoms in total. The topological polar surface area (TPSA) is 29.5 Å². The number of carbonyl (C=O) groups is 1. The average Bonchev–Trinajstić information content (AvgIpc) is 2.61. The molecule has 1 heterocycles. The van der Waals surface area contributed by atoms with Gasteiger partial charge in [-0.15, -0.1) is 0 Å². The lowest BCUT2D eigenvalue weighted by Gasteiger charge is -2.37. The molecule has 0 radical (unpaired) electrons. The number of halogens is 2. The fraction of sp³-hybridized carbons (Fsp3) is 0.917. The molecule has 0 spiro atoms. The molecule has 100 valence electrons. The average molecular weight is 249 g/mol. The van der Waals surface area contributed by atoms with Gasteiger partial charge in [-0.2, -0.15) is 0 Å². The SMILES string of the molecule is CCCCCC(C)(C)N1C(=O)OCC1C(F)F. The van der Waals surface area contributed by atoms with E-state index in [-0.39, 0.29) is 6.61 Å². The Kier molecular flexibility index (Phi) is 4.71. The molecule has 17 heavy (non-hydrogen) atoms. The second-order valence-corrected chi connectivity index (χ2v) is 5.12. The molecule has 1 atom stereocenters. The van der Waals surface area contributed by atoms with Gasteiger partial charge in [0.05, 0.1) is 0 Å². The molecule has 0 N–H and O–H groups in total. The van der Waals surface area contributed by atoms with Gasteiger partial charge in [0.15, 0.2) is 0 Å². The van der Waals surface area contributed by atoms with E-state index < -0.39 is 24.1 Å². The predicted octanol–water partition coefficient (Wildman–Crippen LogP) is 3.43. The van der Waals surface area contributed by atoms with Gasteiger partial charge in [0.2, 0.25) is 0 Å². The summed E-state index contributed by atoms with van der Waals surface area (Å²) in [5.74, 6) is 0. The number of alkyl halides is 2. The Bertz CT molecular complexity index is 269. The van der Waals surface area contributed by atoms with E-state index in [4.69, 9.17) is 4.74 Å². The summed E-state index contributed by atoms with van der Waals surface area (Å²) in [7, 11) is 0. The lowest BCUT2D eigenvalue weighted by atomic mass is 9.93. The van der Waals surface area contributed by atoms with E-state index in [1.165, 1.54) is 4.90 Å². The van der Waals surface area contributed by atoms with E-state index in [1.807, 2.05) is 13.8 Å². The molecular weight excluding hydrogens is 228 g/mol. The summed E-state index contributed by atoms with van der Waals surface area (Å²) >= 11 is 0. The highest BCUT2D eigenvalue weighted by atomic mass is 19.3. The summed E-state index contributed by atoms with van der Waals surface area (Å²) in [6, 6.07) is -1.10.